The monoisotopic (exact) mass is 384 g/mol. The first kappa shape index (κ1) is 19.1. The summed E-state index contributed by atoms with van der Waals surface area (Å²) in [5, 5.41) is 9.30. The van der Waals surface area contributed by atoms with Crippen LogP contribution in [0.2, 0.25) is 0 Å². The Morgan fingerprint density at radius 1 is 1.32 bits per heavy atom. The SMILES string of the molecule is CC(C)(C)N(CCN(C(=O)CBr)C1CCC(F)(F)C1)C(=O)O. The predicted octanol–water partition coefficient (Wildman–Crippen LogP) is 3.18. The molecule has 0 heterocycles. The van der Waals surface area contributed by atoms with Gasteiger partial charge in [0.15, 0.2) is 0 Å². The zero-order valence-electron chi connectivity index (χ0n) is 13.1. The van der Waals surface area contributed by atoms with Crippen molar-refractivity contribution in [2.75, 3.05) is 18.4 Å². The van der Waals surface area contributed by atoms with Crippen molar-refractivity contribution < 1.29 is 23.5 Å². The molecule has 1 aliphatic carbocycles. The first-order valence-electron chi connectivity index (χ1n) is 7.22. The van der Waals surface area contributed by atoms with E-state index in [4.69, 9.17) is 0 Å². The molecule has 8 heteroatoms. The number of rotatable bonds is 5. The van der Waals surface area contributed by atoms with E-state index in [1.54, 1.807) is 20.8 Å². The Balaban J connectivity index is 2.78. The van der Waals surface area contributed by atoms with E-state index in [0.29, 0.717) is 0 Å². The molecule has 0 aliphatic heterocycles. The van der Waals surface area contributed by atoms with Crippen molar-refractivity contribution in [2.24, 2.45) is 0 Å². The summed E-state index contributed by atoms with van der Waals surface area (Å²) in [5.41, 5.74) is -0.617. The highest BCUT2D eigenvalue weighted by Gasteiger charge is 2.43. The fourth-order valence-electron chi connectivity index (χ4n) is 2.71. The minimum Gasteiger partial charge on any atom is -0.465 e. The van der Waals surface area contributed by atoms with E-state index >= 15 is 0 Å². The Labute approximate surface area is 137 Å². The lowest BCUT2D eigenvalue weighted by atomic mass is 10.1. The third-order valence-electron chi connectivity index (χ3n) is 3.86. The van der Waals surface area contributed by atoms with Crippen LogP contribution in [0.1, 0.15) is 40.0 Å². The second kappa shape index (κ2) is 7.10. The van der Waals surface area contributed by atoms with Crippen molar-refractivity contribution >= 4 is 27.9 Å². The second-order valence-corrected chi connectivity index (χ2v) is 7.14. The van der Waals surface area contributed by atoms with Crippen LogP contribution in [0.3, 0.4) is 0 Å². The van der Waals surface area contributed by atoms with Crippen molar-refractivity contribution in [1.82, 2.24) is 9.80 Å². The number of carboxylic acid groups (broad SMARTS) is 1. The number of hydrogen-bond donors (Lipinski definition) is 1. The smallest absolute Gasteiger partial charge is 0.407 e. The molecule has 0 aromatic heterocycles. The number of halogens is 3. The maximum Gasteiger partial charge on any atom is 0.407 e. The lowest BCUT2D eigenvalue weighted by molar-refractivity contribution is -0.131. The van der Waals surface area contributed by atoms with Crippen molar-refractivity contribution in [2.45, 2.75) is 57.5 Å². The summed E-state index contributed by atoms with van der Waals surface area (Å²) >= 11 is 3.06. The average molecular weight is 385 g/mol. The molecular formula is C14H23BrF2N2O3. The van der Waals surface area contributed by atoms with Gasteiger partial charge in [-0.25, -0.2) is 13.6 Å². The Hall–Kier alpha value is -0.920. The Kier molecular flexibility index (Phi) is 6.18. The number of nitrogens with zero attached hydrogens (tertiary/aromatic N) is 2. The van der Waals surface area contributed by atoms with Gasteiger partial charge >= 0.3 is 6.09 Å². The molecule has 5 nitrogen and oxygen atoms in total. The van der Waals surface area contributed by atoms with E-state index in [2.05, 4.69) is 15.9 Å². The van der Waals surface area contributed by atoms with Crippen molar-refractivity contribution in [1.29, 1.82) is 0 Å². The fourth-order valence-corrected chi connectivity index (χ4v) is 3.03. The lowest BCUT2D eigenvalue weighted by Crippen LogP contribution is -2.51. The molecule has 1 saturated carbocycles. The number of hydrogen-bond acceptors (Lipinski definition) is 2. The zero-order chi connectivity index (χ0) is 17.1. The minimum absolute atomic E-state index is 0.0393. The molecule has 2 amide bonds. The Morgan fingerprint density at radius 3 is 2.27 bits per heavy atom. The van der Waals surface area contributed by atoms with Gasteiger partial charge in [0.1, 0.15) is 0 Å². The fraction of sp³-hybridized carbons (Fsp3) is 0.857. The molecular weight excluding hydrogens is 362 g/mol. The molecule has 1 fully saturated rings. The molecule has 1 unspecified atom stereocenters. The molecule has 0 aromatic rings. The van der Waals surface area contributed by atoms with Crippen LogP contribution in [-0.4, -0.2) is 62.8 Å². The highest BCUT2D eigenvalue weighted by Crippen LogP contribution is 2.37. The molecule has 0 spiro atoms. The van der Waals surface area contributed by atoms with Crippen molar-refractivity contribution in [3.8, 4) is 0 Å². The molecule has 1 N–H and O–H groups in total. The lowest BCUT2D eigenvalue weighted by Gasteiger charge is -2.36. The quantitative estimate of drug-likeness (QED) is 0.740. The molecule has 128 valence electrons. The van der Waals surface area contributed by atoms with Crippen LogP contribution in [0.25, 0.3) is 0 Å². The molecule has 0 saturated heterocycles. The number of amides is 2. The average Bonchev–Trinajstić information content (AvgIpc) is 2.71. The highest BCUT2D eigenvalue weighted by molar-refractivity contribution is 9.09. The maximum atomic E-state index is 13.4. The summed E-state index contributed by atoms with van der Waals surface area (Å²) in [7, 11) is 0. The van der Waals surface area contributed by atoms with E-state index in [1.807, 2.05) is 0 Å². The molecule has 1 rings (SSSR count). The van der Waals surface area contributed by atoms with Gasteiger partial charge in [0, 0.05) is 37.5 Å². The van der Waals surface area contributed by atoms with E-state index < -0.39 is 23.6 Å². The van der Waals surface area contributed by atoms with Crippen LogP contribution in [0.15, 0.2) is 0 Å². The van der Waals surface area contributed by atoms with Gasteiger partial charge in [-0.2, -0.15) is 0 Å². The molecule has 1 atom stereocenters. The van der Waals surface area contributed by atoms with E-state index in [1.165, 1.54) is 9.80 Å². The number of carbonyl (C=O) groups excluding carboxylic acids is 1. The Morgan fingerprint density at radius 2 is 1.91 bits per heavy atom. The van der Waals surface area contributed by atoms with Crippen LogP contribution >= 0.6 is 15.9 Å². The third kappa shape index (κ3) is 5.07. The van der Waals surface area contributed by atoms with Gasteiger partial charge in [-0.3, -0.25) is 4.79 Å². The summed E-state index contributed by atoms with van der Waals surface area (Å²) in [6.07, 6.45) is -1.43. The van der Waals surface area contributed by atoms with Gasteiger partial charge in [-0.15, -0.1) is 0 Å². The van der Waals surface area contributed by atoms with Gasteiger partial charge < -0.3 is 14.9 Å². The summed E-state index contributed by atoms with van der Waals surface area (Å²) in [6.45, 7) is 5.47. The number of alkyl halides is 3. The standard InChI is InChI=1S/C14H23BrF2N2O3/c1-13(2,3)19(12(21)22)7-6-18(11(20)9-15)10-4-5-14(16,17)8-10/h10H,4-9H2,1-3H3,(H,21,22). The number of carbonyl (C=O) groups is 2. The van der Waals surface area contributed by atoms with Gasteiger partial charge in [0.2, 0.25) is 11.8 Å². The summed E-state index contributed by atoms with van der Waals surface area (Å²) in [5.74, 6) is -3.03. The minimum atomic E-state index is -2.74. The van der Waals surface area contributed by atoms with Crippen LogP contribution < -0.4 is 0 Å². The third-order valence-corrected chi connectivity index (χ3v) is 4.34. The summed E-state index contributed by atoms with van der Waals surface area (Å²) in [6, 6.07) is -0.532. The van der Waals surface area contributed by atoms with Gasteiger partial charge in [0.25, 0.3) is 0 Å². The van der Waals surface area contributed by atoms with Gasteiger partial charge in [-0.05, 0) is 27.2 Å². The predicted molar refractivity (Wildman–Crippen MR) is 82.6 cm³/mol. The summed E-state index contributed by atoms with van der Waals surface area (Å²) in [4.78, 5) is 25.9. The van der Waals surface area contributed by atoms with E-state index in [-0.39, 0.29) is 43.6 Å². The topological polar surface area (TPSA) is 60.9 Å². The van der Waals surface area contributed by atoms with Crippen LogP contribution in [0.4, 0.5) is 13.6 Å². The maximum absolute atomic E-state index is 13.4. The molecule has 0 bridgehead atoms. The molecule has 0 radical (unpaired) electrons. The normalized spacial score (nSPS) is 20.7. The second-order valence-electron chi connectivity index (χ2n) is 6.58. The van der Waals surface area contributed by atoms with Crippen LogP contribution in [0.5, 0.6) is 0 Å². The van der Waals surface area contributed by atoms with Crippen molar-refractivity contribution in [3.63, 3.8) is 0 Å². The first-order valence-corrected chi connectivity index (χ1v) is 8.34. The molecule has 22 heavy (non-hydrogen) atoms. The van der Waals surface area contributed by atoms with E-state index in [9.17, 15) is 23.5 Å². The highest BCUT2D eigenvalue weighted by atomic mass is 79.9. The zero-order valence-corrected chi connectivity index (χ0v) is 14.7. The van der Waals surface area contributed by atoms with Crippen LogP contribution in [-0.2, 0) is 4.79 Å². The van der Waals surface area contributed by atoms with Crippen molar-refractivity contribution in [3.05, 3.63) is 0 Å². The molecule has 0 aromatic carbocycles. The van der Waals surface area contributed by atoms with Gasteiger partial charge in [-0.1, -0.05) is 15.9 Å². The first-order chi connectivity index (χ1) is 9.98. The largest absolute Gasteiger partial charge is 0.465 e. The van der Waals surface area contributed by atoms with E-state index in [0.717, 1.165) is 0 Å². The Bertz CT molecular complexity index is 427. The molecule has 1 aliphatic rings. The van der Waals surface area contributed by atoms with Gasteiger partial charge in [0.05, 0.1) is 5.33 Å². The van der Waals surface area contributed by atoms with Crippen LogP contribution in [0, 0.1) is 0 Å². The summed E-state index contributed by atoms with van der Waals surface area (Å²) < 4.78 is 26.8.